The van der Waals surface area contributed by atoms with Crippen LogP contribution in [0.4, 0.5) is 0 Å². The van der Waals surface area contributed by atoms with Gasteiger partial charge in [0.15, 0.2) is 0 Å². The third kappa shape index (κ3) is 2.48. The number of nitrogens with zero attached hydrogens (tertiary/aromatic N) is 1. The molecular weight excluding hydrogens is 174 g/mol. The van der Waals surface area contributed by atoms with Gasteiger partial charge in [-0.05, 0) is 18.8 Å². The molecule has 0 bridgehead atoms. The van der Waals surface area contributed by atoms with Crippen molar-refractivity contribution in [2.45, 2.75) is 51.9 Å². The lowest BCUT2D eigenvalue weighted by atomic mass is 9.69. The molecule has 0 saturated heterocycles. The third-order valence-corrected chi connectivity index (χ3v) is 3.69. The first-order valence-electron chi connectivity index (χ1n) is 5.77. The van der Waals surface area contributed by atoms with E-state index in [0.717, 1.165) is 25.7 Å². The van der Waals surface area contributed by atoms with Crippen molar-refractivity contribution in [3.8, 4) is 6.07 Å². The van der Waals surface area contributed by atoms with E-state index in [9.17, 15) is 10.4 Å². The molecule has 2 heteroatoms. The van der Waals surface area contributed by atoms with E-state index in [-0.39, 0.29) is 17.9 Å². The SMILES string of the molecule is CC(CO)C1(C#N)CCCCCCC1. The Morgan fingerprint density at radius 2 is 1.71 bits per heavy atom. The molecule has 1 unspecified atom stereocenters. The van der Waals surface area contributed by atoms with Crippen LogP contribution in [0.5, 0.6) is 0 Å². The molecule has 0 heterocycles. The van der Waals surface area contributed by atoms with Crippen LogP contribution in [0.15, 0.2) is 0 Å². The van der Waals surface area contributed by atoms with E-state index in [1.165, 1.54) is 19.3 Å². The van der Waals surface area contributed by atoms with Gasteiger partial charge in [-0.25, -0.2) is 0 Å². The number of rotatable bonds is 2. The highest BCUT2D eigenvalue weighted by Gasteiger charge is 2.35. The van der Waals surface area contributed by atoms with Crippen molar-refractivity contribution in [1.82, 2.24) is 0 Å². The maximum atomic E-state index is 9.30. The number of aliphatic hydroxyl groups excluding tert-OH is 1. The number of hydrogen-bond donors (Lipinski definition) is 1. The van der Waals surface area contributed by atoms with E-state index in [4.69, 9.17) is 0 Å². The first kappa shape index (κ1) is 11.5. The molecule has 0 aromatic rings. The highest BCUT2D eigenvalue weighted by atomic mass is 16.3. The van der Waals surface area contributed by atoms with E-state index in [2.05, 4.69) is 6.07 Å². The Balaban J connectivity index is 2.68. The van der Waals surface area contributed by atoms with Crippen LogP contribution in [0.2, 0.25) is 0 Å². The second kappa shape index (κ2) is 5.36. The number of aliphatic hydroxyl groups is 1. The lowest BCUT2D eigenvalue weighted by Crippen LogP contribution is -2.30. The molecule has 1 N–H and O–H groups in total. The lowest BCUT2D eigenvalue weighted by Gasteiger charge is -2.33. The fourth-order valence-corrected chi connectivity index (χ4v) is 2.43. The summed E-state index contributed by atoms with van der Waals surface area (Å²) in [6, 6.07) is 2.48. The van der Waals surface area contributed by atoms with Gasteiger partial charge in [0.25, 0.3) is 0 Å². The van der Waals surface area contributed by atoms with E-state index in [0.29, 0.717) is 0 Å². The molecule has 0 radical (unpaired) electrons. The molecule has 1 aliphatic carbocycles. The van der Waals surface area contributed by atoms with Gasteiger partial charge in [-0.2, -0.15) is 5.26 Å². The number of hydrogen-bond acceptors (Lipinski definition) is 2. The summed E-state index contributed by atoms with van der Waals surface area (Å²) in [5.41, 5.74) is -0.241. The molecule has 1 fully saturated rings. The monoisotopic (exact) mass is 195 g/mol. The summed E-state index contributed by atoms with van der Waals surface area (Å²) in [6.07, 6.45) is 8.07. The van der Waals surface area contributed by atoms with E-state index < -0.39 is 0 Å². The summed E-state index contributed by atoms with van der Waals surface area (Å²) >= 11 is 0. The molecular formula is C12H21NO. The summed E-state index contributed by atoms with van der Waals surface area (Å²) in [4.78, 5) is 0. The molecule has 1 rings (SSSR count). The van der Waals surface area contributed by atoms with Crippen LogP contribution in [-0.2, 0) is 0 Å². The smallest absolute Gasteiger partial charge is 0.0693 e. The molecule has 0 spiro atoms. The van der Waals surface area contributed by atoms with Crippen molar-refractivity contribution < 1.29 is 5.11 Å². The van der Waals surface area contributed by atoms with Crippen LogP contribution in [-0.4, -0.2) is 11.7 Å². The first-order chi connectivity index (χ1) is 6.75. The molecule has 80 valence electrons. The van der Waals surface area contributed by atoms with Gasteiger partial charge in [-0.3, -0.25) is 0 Å². The Morgan fingerprint density at radius 1 is 1.21 bits per heavy atom. The van der Waals surface area contributed by atoms with E-state index >= 15 is 0 Å². The average Bonchev–Trinajstić information content (AvgIpc) is 2.18. The molecule has 1 atom stereocenters. The predicted octanol–water partition coefficient (Wildman–Crippen LogP) is 2.87. The molecule has 1 saturated carbocycles. The Morgan fingerprint density at radius 3 is 2.14 bits per heavy atom. The quantitative estimate of drug-likeness (QED) is 0.736. The fourth-order valence-electron chi connectivity index (χ4n) is 2.43. The van der Waals surface area contributed by atoms with Crippen molar-refractivity contribution in [3.63, 3.8) is 0 Å². The molecule has 0 aromatic heterocycles. The maximum Gasteiger partial charge on any atom is 0.0693 e. The molecule has 0 aliphatic heterocycles. The minimum Gasteiger partial charge on any atom is -0.396 e. The summed E-state index contributed by atoms with van der Waals surface area (Å²) in [7, 11) is 0. The molecule has 0 aromatic carbocycles. The van der Waals surface area contributed by atoms with Gasteiger partial charge in [0.2, 0.25) is 0 Å². The van der Waals surface area contributed by atoms with Crippen molar-refractivity contribution in [2.24, 2.45) is 11.3 Å². The van der Waals surface area contributed by atoms with Gasteiger partial charge < -0.3 is 5.11 Å². The van der Waals surface area contributed by atoms with Crippen LogP contribution < -0.4 is 0 Å². The fraction of sp³-hybridized carbons (Fsp3) is 0.917. The highest BCUT2D eigenvalue weighted by Crippen LogP contribution is 2.39. The topological polar surface area (TPSA) is 44.0 Å². The van der Waals surface area contributed by atoms with Crippen LogP contribution in [0.1, 0.15) is 51.9 Å². The van der Waals surface area contributed by atoms with Gasteiger partial charge in [0, 0.05) is 6.61 Å². The average molecular weight is 195 g/mol. The van der Waals surface area contributed by atoms with Crippen molar-refractivity contribution in [3.05, 3.63) is 0 Å². The van der Waals surface area contributed by atoms with Gasteiger partial charge in [-0.15, -0.1) is 0 Å². The van der Waals surface area contributed by atoms with Crippen molar-refractivity contribution in [2.75, 3.05) is 6.61 Å². The Kier molecular flexibility index (Phi) is 4.41. The molecule has 14 heavy (non-hydrogen) atoms. The maximum absolute atomic E-state index is 9.30. The number of nitriles is 1. The normalized spacial score (nSPS) is 24.4. The van der Waals surface area contributed by atoms with Crippen LogP contribution in [0, 0.1) is 22.7 Å². The van der Waals surface area contributed by atoms with E-state index in [1.54, 1.807) is 0 Å². The minimum atomic E-state index is -0.241. The highest BCUT2D eigenvalue weighted by molar-refractivity contribution is 5.02. The van der Waals surface area contributed by atoms with Gasteiger partial charge >= 0.3 is 0 Å². The van der Waals surface area contributed by atoms with Crippen LogP contribution >= 0.6 is 0 Å². The summed E-state index contributed by atoms with van der Waals surface area (Å²) in [5, 5.41) is 18.5. The third-order valence-electron chi connectivity index (χ3n) is 3.69. The Bertz CT molecular complexity index is 199. The van der Waals surface area contributed by atoms with Crippen LogP contribution in [0.3, 0.4) is 0 Å². The second-order valence-electron chi connectivity index (χ2n) is 4.62. The zero-order valence-electron chi connectivity index (χ0n) is 9.13. The standard InChI is InChI=1S/C12H21NO/c1-11(9-14)12(10-13)7-5-3-2-4-6-8-12/h11,14H,2-9H2,1H3. The zero-order chi connectivity index (χ0) is 10.4. The Hall–Kier alpha value is -0.550. The summed E-state index contributed by atoms with van der Waals surface area (Å²) in [5.74, 6) is 0.130. The lowest BCUT2D eigenvalue weighted by molar-refractivity contribution is 0.119. The Labute approximate surface area is 86.9 Å². The van der Waals surface area contributed by atoms with Crippen LogP contribution in [0.25, 0.3) is 0 Å². The zero-order valence-corrected chi connectivity index (χ0v) is 9.13. The van der Waals surface area contributed by atoms with Gasteiger partial charge in [0.1, 0.15) is 0 Å². The van der Waals surface area contributed by atoms with E-state index in [1.807, 2.05) is 6.92 Å². The molecule has 2 nitrogen and oxygen atoms in total. The molecule has 1 aliphatic rings. The van der Waals surface area contributed by atoms with Crippen molar-refractivity contribution in [1.29, 1.82) is 5.26 Å². The van der Waals surface area contributed by atoms with Gasteiger partial charge in [-0.1, -0.05) is 39.0 Å². The molecule has 0 amide bonds. The van der Waals surface area contributed by atoms with Crippen molar-refractivity contribution >= 4 is 0 Å². The second-order valence-corrected chi connectivity index (χ2v) is 4.62. The summed E-state index contributed by atoms with van der Waals surface area (Å²) in [6.45, 7) is 2.15. The van der Waals surface area contributed by atoms with Gasteiger partial charge in [0.05, 0.1) is 11.5 Å². The largest absolute Gasteiger partial charge is 0.396 e. The summed E-state index contributed by atoms with van der Waals surface area (Å²) < 4.78 is 0. The predicted molar refractivity (Wildman–Crippen MR) is 56.6 cm³/mol. The first-order valence-corrected chi connectivity index (χ1v) is 5.77. The minimum absolute atomic E-state index is 0.130.